The minimum atomic E-state index is -0.0689. The lowest BCUT2D eigenvalue weighted by Crippen LogP contribution is -2.34. The zero-order valence-corrected chi connectivity index (χ0v) is 22.5. The first kappa shape index (κ1) is 27.2. The van der Waals surface area contributed by atoms with Gasteiger partial charge in [0.2, 0.25) is 0 Å². The van der Waals surface area contributed by atoms with Crippen LogP contribution in [0.2, 0.25) is 0 Å². The van der Waals surface area contributed by atoms with Crippen LogP contribution in [-0.4, -0.2) is 11.0 Å². The van der Waals surface area contributed by atoms with Gasteiger partial charge >= 0.3 is 0 Å². The summed E-state index contributed by atoms with van der Waals surface area (Å²) in [6.45, 7) is 11.6. The van der Waals surface area contributed by atoms with Gasteiger partial charge in [-0.1, -0.05) is 103 Å². The van der Waals surface area contributed by atoms with Crippen LogP contribution >= 0.6 is 0 Å². The SMILES string of the molecule is CCCCCCCC/C=C(/C(=O)Nc1ccc(CO)cc1)c1ccc2c(c1)C(C)(C)CCC2(C)C. The molecule has 2 aromatic rings. The molecule has 1 aliphatic carbocycles. The first-order valence-electron chi connectivity index (χ1n) is 13.5. The Hall–Kier alpha value is -2.39. The van der Waals surface area contributed by atoms with Gasteiger partial charge in [0.25, 0.3) is 5.91 Å². The first-order valence-corrected chi connectivity index (χ1v) is 13.5. The molecule has 0 heterocycles. The molecule has 1 aliphatic rings. The van der Waals surface area contributed by atoms with E-state index in [0.29, 0.717) is 0 Å². The largest absolute Gasteiger partial charge is 0.392 e. The Morgan fingerprint density at radius 3 is 2.17 bits per heavy atom. The molecule has 1 amide bonds. The standard InChI is InChI=1S/C32H45NO2/c1-6-7-8-9-10-11-12-13-27(30(35)33-26-17-14-24(23-34)15-18-26)25-16-19-28-29(22-25)32(4,5)21-20-31(28,2)3/h13-19,22,34H,6-12,20-21,23H2,1-5H3,(H,33,35)/b27-13+. The third-order valence-electron chi connectivity index (χ3n) is 7.71. The Morgan fingerprint density at radius 2 is 1.51 bits per heavy atom. The number of aliphatic hydroxyl groups is 1. The average Bonchev–Trinajstić information content (AvgIpc) is 2.84. The minimum absolute atomic E-state index is 0.00110. The molecule has 2 aromatic carbocycles. The van der Waals surface area contributed by atoms with Crippen LogP contribution in [0.1, 0.15) is 115 Å². The quantitative estimate of drug-likeness (QED) is 0.254. The maximum absolute atomic E-state index is 13.5. The molecule has 3 heteroatoms. The van der Waals surface area contributed by atoms with Crippen LogP contribution in [0.25, 0.3) is 5.57 Å². The third kappa shape index (κ3) is 7.07. The van der Waals surface area contributed by atoms with Crippen molar-refractivity contribution in [1.82, 2.24) is 0 Å². The monoisotopic (exact) mass is 475 g/mol. The Labute approximate surface area is 213 Å². The summed E-state index contributed by atoms with van der Waals surface area (Å²) in [6, 6.07) is 14.1. The van der Waals surface area contributed by atoms with Gasteiger partial charge in [0.1, 0.15) is 0 Å². The van der Waals surface area contributed by atoms with Crippen LogP contribution in [0.5, 0.6) is 0 Å². The van der Waals surface area contributed by atoms with Crippen LogP contribution < -0.4 is 5.32 Å². The number of carbonyl (C=O) groups is 1. The average molecular weight is 476 g/mol. The highest BCUT2D eigenvalue weighted by molar-refractivity contribution is 6.25. The van der Waals surface area contributed by atoms with Crippen molar-refractivity contribution in [1.29, 1.82) is 0 Å². The second-order valence-electron chi connectivity index (χ2n) is 11.5. The lowest BCUT2D eigenvalue weighted by atomic mass is 9.63. The number of hydrogen-bond acceptors (Lipinski definition) is 2. The van der Waals surface area contributed by atoms with Crippen LogP contribution in [0.3, 0.4) is 0 Å². The van der Waals surface area contributed by atoms with E-state index in [0.717, 1.165) is 41.6 Å². The van der Waals surface area contributed by atoms with Crippen molar-refractivity contribution in [2.24, 2.45) is 0 Å². The van der Waals surface area contributed by atoms with E-state index in [4.69, 9.17) is 0 Å². The number of unbranched alkanes of at least 4 members (excludes halogenated alkanes) is 6. The maximum Gasteiger partial charge on any atom is 0.255 e. The van der Waals surface area contributed by atoms with Gasteiger partial charge in [0.15, 0.2) is 0 Å². The number of anilines is 1. The van der Waals surface area contributed by atoms with E-state index < -0.39 is 0 Å². The molecule has 0 bridgehead atoms. The molecule has 35 heavy (non-hydrogen) atoms. The molecule has 0 radical (unpaired) electrons. The predicted molar refractivity (Wildman–Crippen MR) is 149 cm³/mol. The molecule has 3 nitrogen and oxygen atoms in total. The number of rotatable bonds is 11. The Balaban J connectivity index is 1.87. The van der Waals surface area contributed by atoms with E-state index in [1.165, 1.54) is 49.7 Å². The van der Waals surface area contributed by atoms with Crippen LogP contribution in [0.15, 0.2) is 48.5 Å². The molecular weight excluding hydrogens is 430 g/mol. The normalized spacial score (nSPS) is 16.6. The third-order valence-corrected chi connectivity index (χ3v) is 7.71. The summed E-state index contributed by atoms with van der Waals surface area (Å²) in [7, 11) is 0. The van der Waals surface area contributed by atoms with E-state index in [1.807, 2.05) is 24.3 Å². The van der Waals surface area contributed by atoms with Crippen molar-refractivity contribution in [3.8, 4) is 0 Å². The van der Waals surface area contributed by atoms with Gasteiger partial charge in [-0.3, -0.25) is 4.79 Å². The molecule has 0 saturated heterocycles. The number of allylic oxidation sites excluding steroid dienone is 1. The van der Waals surface area contributed by atoms with Crippen molar-refractivity contribution in [3.05, 3.63) is 70.8 Å². The van der Waals surface area contributed by atoms with Gasteiger partial charge in [-0.05, 0) is 70.9 Å². The van der Waals surface area contributed by atoms with E-state index >= 15 is 0 Å². The van der Waals surface area contributed by atoms with Crippen LogP contribution in [0, 0.1) is 0 Å². The smallest absolute Gasteiger partial charge is 0.255 e. The summed E-state index contributed by atoms with van der Waals surface area (Å²) in [5, 5.41) is 12.4. The highest BCUT2D eigenvalue weighted by Gasteiger charge is 2.37. The summed E-state index contributed by atoms with van der Waals surface area (Å²) in [4.78, 5) is 13.5. The summed E-state index contributed by atoms with van der Waals surface area (Å²) >= 11 is 0. The fraction of sp³-hybridized carbons (Fsp3) is 0.531. The molecule has 3 rings (SSSR count). The molecule has 0 saturated carbocycles. The molecule has 190 valence electrons. The second-order valence-corrected chi connectivity index (χ2v) is 11.5. The molecule has 2 N–H and O–H groups in total. The van der Waals surface area contributed by atoms with Crippen molar-refractivity contribution in [2.45, 2.75) is 110 Å². The Kier molecular flexibility index (Phi) is 9.35. The summed E-state index contributed by atoms with van der Waals surface area (Å²) in [5.41, 5.74) is 6.38. The van der Waals surface area contributed by atoms with Gasteiger partial charge in [0, 0.05) is 11.3 Å². The number of carbonyl (C=O) groups excluding carboxylic acids is 1. The van der Waals surface area contributed by atoms with Crippen LogP contribution in [-0.2, 0) is 22.2 Å². The lowest BCUT2D eigenvalue weighted by Gasteiger charge is -2.42. The van der Waals surface area contributed by atoms with E-state index in [1.54, 1.807) is 0 Å². The second kappa shape index (κ2) is 12.0. The molecule has 0 aliphatic heterocycles. The van der Waals surface area contributed by atoms with Gasteiger partial charge in [-0.25, -0.2) is 0 Å². The molecule has 0 aromatic heterocycles. The van der Waals surface area contributed by atoms with Gasteiger partial charge in [0.05, 0.1) is 6.61 Å². The summed E-state index contributed by atoms with van der Waals surface area (Å²) in [5.74, 6) is -0.0689. The first-order chi connectivity index (χ1) is 16.7. The number of aliphatic hydroxyl groups excluding tert-OH is 1. The minimum Gasteiger partial charge on any atom is -0.392 e. The number of benzene rings is 2. The van der Waals surface area contributed by atoms with Crippen molar-refractivity contribution in [2.75, 3.05) is 5.32 Å². The summed E-state index contributed by atoms with van der Waals surface area (Å²) < 4.78 is 0. The van der Waals surface area contributed by atoms with Gasteiger partial charge in [-0.15, -0.1) is 0 Å². The van der Waals surface area contributed by atoms with E-state index in [2.05, 4.69) is 64.2 Å². The van der Waals surface area contributed by atoms with Crippen molar-refractivity contribution >= 4 is 17.2 Å². The Morgan fingerprint density at radius 1 is 0.886 bits per heavy atom. The molecule has 0 fully saturated rings. The number of nitrogens with one attached hydrogen (secondary N) is 1. The van der Waals surface area contributed by atoms with Crippen molar-refractivity contribution in [3.63, 3.8) is 0 Å². The lowest BCUT2D eigenvalue weighted by molar-refractivity contribution is -0.111. The molecular formula is C32H45NO2. The highest BCUT2D eigenvalue weighted by atomic mass is 16.3. The fourth-order valence-electron chi connectivity index (χ4n) is 5.16. The van der Waals surface area contributed by atoms with E-state index in [9.17, 15) is 9.90 Å². The molecule has 0 unspecified atom stereocenters. The number of hydrogen-bond donors (Lipinski definition) is 2. The van der Waals surface area contributed by atoms with Crippen LogP contribution in [0.4, 0.5) is 5.69 Å². The van der Waals surface area contributed by atoms with Gasteiger partial charge < -0.3 is 10.4 Å². The zero-order chi connectivity index (χ0) is 25.5. The maximum atomic E-state index is 13.5. The zero-order valence-electron chi connectivity index (χ0n) is 22.5. The molecule has 0 spiro atoms. The van der Waals surface area contributed by atoms with E-state index in [-0.39, 0.29) is 23.3 Å². The summed E-state index contributed by atoms with van der Waals surface area (Å²) in [6.07, 6.45) is 12.8. The predicted octanol–water partition coefficient (Wildman–Crippen LogP) is 8.30. The topological polar surface area (TPSA) is 49.3 Å². The Bertz CT molecular complexity index is 1010. The number of fused-ring (bicyclic) bond motifs is 1. The van der Waals surface area contributed by atoms with Gasteiger partial charge in [-0.2, -0.15) is 0 Å². The fourth-order valence-corrected chi connectivity index (χ4v) is 5.16. The molecule has 0 atom stereocenters. The number of amides is 1. The highest BCUT2D eigenvalue weighted by Crippen LogP contribution is 2.46. The van der Waals surface area contributed by atoms with Crippen molar-refractivity contribution < 1.29 is 9.90 Å².